The summed E-state index contributed by atoms with van der Waals surface area (Å²) in [5, 5.41) is 5.92. The van der Waals surface area contributed by atoms with E-state index >= 15 is 0 Å². The van der Waals surface area contributed by atoms with Crippen molar-refractivity contribution in [2.24, 2.45) is 0 Å². The topological polar surface area (TPSA) is 21.3 Å². The minimum Gasteiger partial charge on any atom is -0.379 e. The summed E-state index contributed by atoms with van der Waals surface area (Å²) in [6.07, 6.45) is 4.00. The molecule has 2 aliphatic rings. The maximum absolute atomic E-state index is 5.54. The summed E-state index contributed by atoms with van der Waals surface area (Å²) >= 11 is 1.91. The molecule has 0 radical (unpaired) electrons. The van der Waals surface area contributed by atoms with Gasteiger partial charge in [0.1, 0.15) is 0 Å². The number of thiophene rings is 1. The van der Waals surface area contributed by atoms with Gasteiger partial charge in [0.25, 0.3) is 0 Å². The van der Waals surface area contributed by atoms with Gasteiger partial charge in [-0.1, -0.05) is 6.42 Å². The third-order valence-electron chi connectivity index (χ3n) is 4.01. The number of aryl methyl sites for hydroxylation is 1. The Bertz CT molecular complexity index is 364. The average Bonchev–Trinajstić information content (AvgIpc) is 2.66. The second kappa shape index (κ2) is 4.13. The Balaban J connectivity index is 1.90. The van der Waals surface area contributed by atoms with Crippen LogP contribution in [-0.4, -0.2) is 25.8 Å². The van der Waals surface area contributed by atoms with Crippen LogP contribution in [0.1, 0.15) is 29.7 Å². The van der Waals surface area contributed by atoms with Crippen LogP contribution in [0, 0.1) is 6.92 Å². The SMILES string of the molecule is Cc1ccsc1C1(C2CCCCN2)COC1. The molecule has 3 heterocycles. The van der Waals surface area contributed by atoms with Crippen LogP contribution in [-0.2, 0) is 10.2 Å². The van der Waals surface area contributed by atoms with Gasteiger partial charge in [-0.15, -0.1) is 11.3 Å². The lowest BCUT2D eigenvalue weighted by Crippen LogP contribution is -2.61. The standard InChI is InChI=1S/C13H19NOS/c1-10-5-7-16-12(10)13(8-15-9-13)11-4-2-3-6-14-11/h5,7,11,14H,2-4,6,8-9H2,1H3. The van der Waals surface area contributed by atoms with Crippen LogP contribution in [0.4, 0.5) is 0 Å². The van der Waals surface area contributed by atoms with E-state index in [4.69, 9.17) is 4.74 Å². The number of hydrogen-bond donors (Lipinski definition) is 1. The van der Waals surface area contributed by atoms with E-state index in [-0.39, 0.29) is 0 Å². The van der Waals surface area contributed by atoms with Crippen LogP contribution in [0.2, 0.25) is 0 Å². The minimum atomic E-state index is 0.290. The predicted octanol–water partition coefficient (Wildman–Crippen LogP) is 2.47. The Morgan fingerprint density at radius 3 is 2.81 bits per heavy atom. The van der Waals surface area contributed by atoms with Gasteiger partial charge in [0.2, 0.25) is 0 Å². The Morgan fingerprint density at radius 1 is 1.44 bits per heavy atom. The van der Waals surface area contributed by atoms with Crippen molar-refractivity contribution in [3.63, 3.8) is 0 Å². The van der Waals surface area contributed by atoms with Gasteiger partial charge >= 0.3 is 0 Å². The lowest BCUT2D eigenvalue weighted by molar-refractivity contribution is -0.0811. The lowest BCUT2D eigenvalue weighted by Gasteiger charge is -2.48. The van der Waals surface area contributed by atoms with Gasteiger partial charge in [-0.25, -0.2) is 0 Å². The summed E-state index contributed by atoms with van der Waals surface area (Å²) < 4.78 is 5.54. The van der Waals surface area contributed by atoms with Crippen LogP contribution >= 0.6 is 11.3 Å². The highest BCUT2D eigenvalue weighted by atomic mass is 32.1. The first-order valence-corrected chi connectivity index (χ1v) is 7.07. The van der Waals surface area contributed by atoms with Gasteiger partial charge in [-0.05, 0) is 43.3 Å². The summed E-state index contributed by atoms with van der Waals surface area (Å²) in [6, 6.07) is 2.87. The molecule has 3 rings (SSSR count). The van der Waals surface area contributed by atoms with Crippen molar-refractivity contribution in [2.45, 2.75) is 37.6 Å². The molecule has 3 heteroatoms. The molecule has 2 nitrogen and oxygen atoms in total. The Labute approximate surface area is 101 Å². The van der Waals surface area contributed by atoms with Crippen molar-refractivity contribution in [3.8, 4) is 0 Å². The third kappa shape index (κ3) is 1.53. The molecule has 88 valence electrons. The number of ether oxygens (including phenoxy) is 1. The smallest absolute Gasteiger partial charge is 0.0669 e. The minimum absolute atomic E-state index is 0.290. The van der Waals surface area contributed by atoms with Crippen molar-refractivity contribution in [2.75, 3.05) is 19.8 Å². The van der Waals surface area contributed by atoms with Gasteiger partial charge in [-0.3, -0.25) is 0 Å². The largest absolute Gasteiger partial charge is 0.379 e. The fraction of sp³-hybridized carbons (Fsp3) is 0.692. The zero-order chi connectivity index (χ0) is 11.0. The molecule has 1 aromatic rings. The van der Waals surface area contributed by atoms with Crippen LogP contribution in [0.25, 0.3) is 0 Å². The van der Waals surface area contributed by atoms with Crippen LogP contribution in [0.5, 0.6) is 0 Å². The summed E-state index contributed by atoms with van der Waals surface area (Å²) in [7, 11) is 0. The summed E-state index contributed by atoms with van der Waals surface area (Å²) in [4.78, 5) is 1.55. The molecule has 1 unspecified atom stereocenters. The summed E-state index contributed by atoms with van der Waals surface area (Å²) in [5.74, 6) is 0. The predicted molar refractivity (Wildman–Crippen MR) is 67.2 cm³/mol. The van der Waals surface area contributed by atoms with Gasteiger partial charge in [0, 0.05) is 10.9 Å². The molecule has 2 aliphatic heterocycles. The highest BCUT2D eigenvalue weighted by molar-refractivity contribution is 7.10. The van der Waals surface area contributed by atoms with E-state index in [1.54, 1.807) is 4.88 Å². The van der Waals surface area contributed by atoms with Crippen molar-refractivity contribution < 1.29 is 4.74 Å². The van der Waals surface area contributed by atoms with Crippen molar-refractivity contribution >= 4 is 11.3 Å². The highest BCUT2D eigenvalue weighted by Gasteiger charge is 2.48. The van der Waals surface area contributed by atoms with E-state index in [9.17, 15) is 0 Å². The molecule has 1 aromatic heterocycles. The summed E-state index contributed by atoms with van der Waals surface area (Å²) in [6.45, 7) is 5.23. The first-order chi connectivity index (χ1) is 7.83. The highest BCUT2D eigenvalue weighted by Crippen LogP contribution is 2.42. The number of rotatable bonds is 2. The van der Waals surface area contributed by atoms with Gasteiger partial charge < -0.3 is 10.1 Å². The normalized spacial score (nSPS) is 28.7. The van der Waals surface area contributed by atoms with Crippen molar-refractivity contribution in [1.82, 2.24) is 5.32 Å². The zero-order valence-corrected chi connectivity index (χ0v) is 10.6. The van der Waals surface area contributed by atoms with Gasteiger partial charge in [-0.2, -0.15) is 0 Å². The fourth-order valence-corrected chi connectivity index (χ4v) is 4.18. The van der Waals surface area contributed by atoms with Crippen LogP contribution in [0.15, 0.2) is 11.4 Å². The van der Waals surface area contributed by atoms with E-state index < -0.39 is 0 Å². The van der Waals surface area contributed by atoms with E-state index in [1.807, 2.05) is 11.3 Å². The van der Waals surface area contributed by atoms with E-state index in [2.05, 4.69) is 23.7 Å². The quantitative estimate of drug-likeness (QED) is 0.853. The molecule has 16 heavy (non-hydrogen) atoms. The monoisotopic (exact) mass is 237 g/mol. The number of hydrogen-bond acceptors (Lipinski definition) is 3. The fourth-order valence-electron chi connectivity index (χ4n) is 3.02. The molecular weight excluding hydrogens is 218 g/mol. The molecule has 0 aliphatic carbocycles. The first kappa shape index (κ1) is 10.8. The Hall–Kier alpha value is -0.380. The second-order valence-corrected chi connectivity index (χ2v) is 6.00. The molecule has 2 fully saturated rings. The number of piperidine rings is 1. The average molecular weight is 237 g/mol. The molecule has 0 aromatic carbocycles. The maximum atomic E-state index is 5.54. The number of nitrogens with one attached hydrogen (secondary N) is 1. The Kier molecular flexibility index (Phi) is 2.78. The first-order valence-electron chi connectivity index (χ1n) is 6.19. The zero-order valence-electron chi connectivity index (χ0n) is 9.79. The van der Waals surface area contributed by atoms with Gasteiger partial charge in [0.05, 0.1) is 18.6 Å². The maximum Gasteiger partial charge on any atom is 0.0669 e. The van der Waals surface area contributed by atoms with E-state index in [0.717, 1.165) is 13.2 Å². The molecule has 0 bridgehead atoms. The molecule has 1 atom stereocenters. The van der Waals surface area contributed by atoms with Gasteiger partial charge in [0.15, 0.2) is 0 Å². The molecule has 0 saturated carbocycles. The van der Waals surface area contributed by atoms with Crippen molar-refractivity contribution in [3.05, 3.63) is 21.9 Å². The Morgan fingerprint density at radius 2 is 2.31 bits per heavy atom. The van der Waals surface area contributed by atoms with E-state index in [0.29, 0.717) is 11.5 Å². The van der Waals surface area contributed by atoms with E-state index in [1.165, 1.54) is 31.4 Å². The molecule has 0 amide bonds. The summed E-state index contributed by atoms with van der Waals surface area (Å²) in [5.41, 5.74) is 1.74. The van der Waals surface area contributed by atoms with Crippen molar-refractivity contribution in [1.29, 1.82) is 0 Å². The molecule has 1 N–H and O–H groups in total. The third-order valence-corrected chi connectivity index (χ3v) is 5.25. The molecule has 0 spiro atoms. The van der Waals surface area contributed by atoms with Crippen LogP contribution in [0.3, 0.4) is 0 Å². The second-order valence-electron chi connectivity index (χ2n) is 5.08. The van der Waals surface area contributed by atoms with Crippen LogP contribution < -0.4 is 5.32 Å². The molecular formula is C13H19NOS. The molecule has 2 saturated heterocycles. The lowest BCUT2D eigenvalue weighted by atomic mass is 9.73.